The molecule has 0 saturated carbocycles. The van der Waals surface area contributed by atoms with Gasteiger partial charge in [0.1, 0.15) is 5.82 Å². The Labute approximate surface area is 168 Å². The molecule has 11 heteroatoms. The maximum atomic E-state index is 13.3. The molecule has 0 bridgehead atoms. The van der Waals surface area contributed by atoms with Crippen molar-refractivity contribution in [1.82, 2.24) is 20.5 Å². The molecule has 3 heterocycles. The molecule has 0 aliphatic carbocycles. The van der Waals surface area contributed by atoms with Crippen LogP contribution in [0.3, 0.4) is 0 Å². The molecule has 1 fully saturated rings. The first-order valence-corrected chi connectivity index (χ1v) is 8.97. The van der Waals surface area contributed by atoms with E-state index in [2.05, 4.69) is 20.5 Å². The van der Waals surface area contributed by atoms with Crippen LogP contribution in [0, 0.1) is 5.82 Å². The first kappa shape index (κ1) is 19.1. The largest absolute Gasteiger partial charge is 0.410 e. The number of ether oxygens (including phenoxy) is 1. The van der Waals surface area contributed by atoms with Gasteiger partial charge in [-0.15, -0.1) is 0 Å². The number of pyridine rings is 1. The number of hydrogen-bond donors (Lipinski definition) is 3. The number of rotatable bonds is 4. The molecule has 4 rings (SSSR count). The first-order valence-electron chi connectivity index (χ1n) is 8.59. The number of aromatic nitrogens is 3. The van der Waals surface area contributed by atoms with Crippen LogP contribution in [0.1, 0.15) is 12.0 Å². The van der Waals surface area contributed by atoms with E-state index in [1.807, 2.05) is 0 Å². The van der Waals surface area contributed by atoms with Crippen LogP contribution in [0.25, 0.3) is 11.0 Å². The van der Waals surface area contributed by atoms with Crippen LogP contribution in [0.2, 0.25) is 5.02 Å². The van der Waals surface area contributed by atoms with Crippen LogP contribution in [-0.4, -0.2) is 44.6 Å². The van der Waals surface area contributed by atoms with E-state index in [1.54, 1.807) is 12.3 Å². The van der Waals surface area contributed by atoms with Gasteiger partial charge in [-0.2, -0.15) is 5.10 Å². The number of alkyl carbamates (subject to hydrolysis) is 1. The molecular weight excluding hydrogens is 405 g/mol. The Morgan fingerprint density at radius 1 is 1.38 bits per heavy atom. The first-order chi connectivity index (χ1) is 13.8. The third-order valence-corrected chi connectivity index (χ3v) is 4.68. The van der Waals surface area contributed by atoms with Crippen molar-refractivity contribution in [2.45, 2.75) is 18.8 Å². The number of halogens is 2. The summed E-state index contributed by atoms with van der Waals surface area (Å²) in [5.41, 5.74) is 1.40. The lowest BCUT2D eigenvalue weighted by atomic mass is 10.2. The highest BCUT2D eigenvalue weighted by Gasteiger charge is 2.49. The highest BCUT2D eigenvalue weighted by Crippen LogP contribution is 2.30. The molecule has 9 nitrogen and oxygen atoms in total. The van der Waals surface area contributed by atoms with Gasteiger partial charge in [0.05, 0.1) is 18.1 Å². The Morgan fingerprint density at radius 3 is 3.00 bits per heavy atom. The number of amides is 2. The fourth-order valence-corrected chi connectivity index (χ4v) is 3.32. The van der Waals surface area contributed by atoms with Gasteiger partial charge < -0.3 is 20.1 Å². The summed E-state index contributed by atoms with van der Waals surface area (Å²) in [6, 6.07) is 5.49. The van der Waals surface area contributed by atoms with Crippen molar-refractivity contribution < 1.29 is 23.8 Å². The standard InChI is InChI=1S/C18H15ClFN5O4/c19-12-3-10(4-13(20)6-12)7-22-17(27)29-18(28)1-2-25(16(18)26)14-5-11-8-23-24-15(11)21-9-14/h3-6,8-9,28H,1-2,7H2,(H,22,27)(H,21,23,24)/t18-/m0/s1. The molecule has 0 unspecified atom stereocenters. The van der Waals surface area contributed by atoms with Gasteiger partial charge in [0, 0.05) is 29.9 Å². The van der Waals surface area contributed by atoms with Gasteiger partial charge >= 0.3 is 6.09 Å². The summed E-state index contributed by atoms with van der Waals surface area (Å²) in [7, 11) is 0. The van der Waals surface area contributed by atoms with Crippen LogP contribution in [0.5, 0.6) is 0 Å². The van der Waals surface area contributed by atoms with Crippen molar-refractivity contribution in [3.8, 4) is 0 Å². The molecular formula is C18H15ClFN5O4. The molecule has 2 amide bonds. The summed E-state index contributed by atoms with van der Waals surface area (Å²) in [6.07, 6.45) is 1.87. The zero-order valence-corrected chi connectivity index (χ0v) is 15.6. The molecule has 0 spiro atoms. The van der Waals surface area contributed by atoms with Crippen molar-refractivity contribution in [3.63, 3.8) is 0 Å². The van der Waals surface area contributed by atoms with Crippen molar-refractivity contribution in [2.75, 3.05) is 11.4 Å². The molecule has 2 aromatic heterocycles. The summed E-state index contributed by atoms with van der Waals surface area (Å²) in [5, 5.41) is 20.3. The van der Waals surface area contributed by atoms with E-state index in [9.17, 15) is 19.1 Å². The molecule has 29 heavy (non-hydrogen) atoms. The number of hydrogen-bond acceptors (Lipinski definition) is 6. The van der Waals surface area contributed by atoms with Gasteiger partial charge in [0.15, 0.2) is 5.65 Å². The second kappa shape index (κ2) is 7.30. The average Bonchev–Trinajstić information content (AvgIpc) is 3.24. The summed E-state index contributed by atoms with van der Waals surface area (Å²) < 4.78 is 18.3. The highest BCUT2D eigenvalue weighted by molar-refractivity contribution is 6.30. The van der Waals surface area contributed by atoms with Crippen molar-refractivity contribution >= 4 is 40.3 Å². The maximum absolute atomic E-state index is 13.3. The number of H-pyrrole nitrogens is 1. The summed E-state index contributed by atoms with van der Waals surface area (Å²) >= 11 is 5.76. The van der Waals surface area contributed by atoms with E-state index >= 15 is 0 Å². The normalized spacial score (nSPS) is 19.0. The number of aromatic amines is 1. The second-order valence-corrected chi connectivity index (χ2v) is 6.95. The molecule has 1 aromatic carbocycles. The lowest BCUT2D eigenvalue weighted by molar-refractivity contribution is -0.175. The van der Waals surface area contributed by atoms with Gasteiger partial charge in [-0.05, 0) is 29.8 Å². The van der Waals surface area contributed by atoms with Gasteiger partial charge in [-0.3, -0.25) is 9.89 Å². The number of fused-ring (bicyclic) bond motifs is 1. The van der Waals surface area contributed by atoms with Crippen LogP contribution >= 0.6 is 11.6 Å². The molecule has 1 saturated heterocycles. The number of nitrogens with zero attached hydrogens (tertiary/aromatic N) is 3. The Morgan fingerprint density at radius 2 is 2.21 bits per heavy atom. The predicted molar refractivity (Wildman–Crippen MR) is 101 cm³/mol. The number of anilines is 1. The minimum Gasteiger partial charge on any atom is -0.407 e. The van der Waals surface area contributed by atoms with Crippen molar-refractivity contribution in [1.29, 1.82) is 0 Å². The van der Waals surface area contributed by atoms with E-state index in [-0.39, 0.29) is 24.5 Å². The Balaban J connectivity index is 1.41. The van der Waals surface area contributed by atoms with E-state index < -0.39 is 23.6 Å². The van der Waals surface area contributed by atoms with Gasteiger partial charge in [0.2, 0.25) is 0 Å². The zero-order valence-electron chi connectivity index (χ0n) is 14.9. The SMILES string of the molecule is O=C(NCc1cc(F)cc(Cl)c1)O[C@@]1(O)CCN(c2cnc3[nH]ncc3c2)C1=O. The molecule has 3 N–H and O–H groups in total. The Hall–Kier alpha value is -3.24. The lowest BCUT2D eigenvalue weighted by Gasteiger charge is -2.22. The number of carbonyl (C=O) groups excluding carboxylic acids is 2. The number of nitrogens with one attached hydrogen (secondary N) is 2. The van der Waals surface area contributed by atoms with Crippen LogP contribution in [-0.2, 0) is 16.1 Å². The van der Waals surface area contributed by atoms with Gasteiger partial charge in [-0.1, -0.05) is 11.6 Å². The molecule has 1 aliphatic rings. The topological polar surface area (TPSA) is 120 Å². The van der Waals surface area contributed by atoms with Gasteiger partial charge in [-0.25, -0.2) is 14.2 Å². The fraction of sp³-hybridized carbons (Fsp3) is 0.222. The summed E-state index contributed by atoms with van der Waals surface area (Å²) in [5.74, 6) is -3.65. The Kier molecular flexibility index (Phi) is 4.81. The second-order valence-electron chi connectivity index (χ2n) is 6.51. The molecule has 3 aromatic rings. The number of carbonyl (C=O) groups is 2. The minimum absolute atomic E-state index is 0.0919. The molecule has 150 valence electrons. The van der Waals surface area contributed by atoms with Crippen LogP contribution < -0.4 is 10.2 Å². The number of benzene rings is 1. The highest BCUT2D eigenvalue weighted by atomic mass is 35.5. The summed E-state index contributed by atoms with van der Waals surface area (Å²) in [4.78, 5) is 30.1. The monoisotopic (exact) mass is 419 g/mol. The third kappa shape index (κ3) is 3.84. The summed E-state index contributed by atoms with van der Waals surface area (Å²) in [6.45, 7) is 0.0402. The molecule has 1 aliphatic heterocycles. The predicted octanol–water partition coefficient (Wildman–Crippen LogP) is 2.10. The van der Waals surface area contributed by atoms with Crippen LogP contribution in [0.4, 0.5) is 14.9 Å². The van der Waals surface area contributed by atoms with Crippen LogP contribution in [0.15, 0.2) is 36.7 Å². The smallest absolute Gasteiger partial charge is 0.407 e. The fourth-order valence-electron chi connectivity index (χ4n) is 3.07. The quantitative estimate of drug-likeness (QED) is 0.557. The third-order valence-electron chi connectivity index (χ3n) is 4.46. The van der Waals surface area contributed by atoms with E-state index in [1.165, 1.54) is 23.2 Å². The van der Waals surface area contributed by atoms with Gasteiger partial charge in [0.25, 0.3) is 11.7 Å². The van der Waals surface area contributed by atoms with E-state index in [0.717, 1.165) is 6.07 Å². The van der Waals surface area contributed by atoms with Crippen molar-refractivity contribution in [3.05, 3.63) is 53.1 Å². The Bertz CT molecular complexity index is 1090. The lowest BCUT2D eigenvalue weighted by Crippen LogP contribution is -2.46. The minimum atomic E-state index is -2.31. The van der Waals surface area contributed by atoms with Crippen molar-refractivity contribution in [2.24, 2.45) is 0 Å². The molecule has 0 radical (unpaired) electrons. The van der Waals surface area contributed by atoms with E-state index in [0.29, 0.717) is 22.3 Å². The maximum Gasteiger partial charge on any atom is 0.410 e. The van der Waals surface area contributed by atoms with E-state index in [4.69, 9.17) is 16.3 Å². The zero-order chi connectivity index (χ0) is 20.6. The molecule has 1 atom stereocenters. The average molecular weight is 420 g/mol. The number of aliphatic hydroxyl groups is 1.